The van der Waals surface area contributed by atoms with Crippen molar-refractivity contribution in [2.45, 2.75) is 32.2 Å². The van der Waals surface area contributed by atoms with Gasteiger partial charge in [-0.05, 0) is 54.9 Å². The van der Waals surface area contributed by atoms with E-state index < -0.39 is 11.6 Å². The second-order valence-electron chi connectivity index (χ2n) is 5.41. The van der Waals surface area contributed by atoms with Crippen molar-refractivity contribution in [3.8, 4) is 5.88 Å². The number of halogens is 1. The maximum atomic E-state index is 11.1. The Hall–Kier alpha value is -1.34. The van der Waals surface area contributed by atoms with Crippen molar-refractivity contribution < 1.29 is 14.6 Å². The van der Waals surface area contributed by atoms with Crippen LogP contribution in [0.4, 0.5) is 4.79 Å². The zero-order chi connectivity index (χ0) is 16.0. The van der Waals surface area contributed by atoms with Crippen molar-refractivity contribution >= 4 is 22.0 Å². The minimum atomic E-state index is -0.962. The van der Waals surface area contributed by atoms with Crippen LogP contribution in [0.1, 0.15) is 26.0 Å². The number of amides is 1. The SMILES string of the molecule is CN(C(=O)O)C(C)(C)Cc1ccc(Br)c(OCCCN)n1. The molecule has 118 valence electrons. The van der Waals surface area contributed by atoms with E-state index in [0.29, 0.717) is 25.5 Å². The van der Waals surface area contributed by atoms with Crippen LogP contribution in [0.15, 0.2) is 16.6 Å². The number of pyridine rings is 1. The number of aromatic nitrogens is 1. The monoisotopic (exact) mass is 359 g/mol. The highest BCUT2D eigenvalue weighted by Crippen LogP contribution is 2.25. The highest BCUT2D eigenvalue weighted by molar-refractivity contribution is 9.10. The van der Waals surface area contributed by atoms with Gasteiger partial charge in [0, 0.05) is 24.7 Å². The Bertz CT molecular complexity index is 494. The lowest BCUT2D eigenvalue weighted by molar-refractivity contribution is 0.110. The number of carbonyl (C=O) groups is 1. The fourth-order valence-corrected chi connectivity index (χ4v) is 2.07. The first-order chi connectivity index (χ1) is 9.77. The number of nitrogens with two attached hydrogens (primary N) is 1. The molecule has 0 spiro atoms. The molecule has 1 amide bonds. The van der Waals surface area contributed by atoms with Crippen LogP contribution in [-0.2, 0) is 6.42 Å². The predicted molar refractivity (Wildman–Crippen MR) is 84.7 cm³/mol. The van der Waals surface area contributed by atoms with E-state index in [4.69, 9.17) is 15.6 Å². The van der Waals surface area contributed by atoms with E-state index >= 15 is 0 Å². The van der Waals surface area contributed by atoms with Gasteiger partial charge in [0.25, 0.3) is 0 Å². The summed E-state index contributed by atoms with van der Waals surface area (Å²) in [4.78, 5) is 16.8. The topological polar surface area (TPSA) is 88.7 Å². The Kier molecular flexibility index (Phi) is 6.42. The van der Waals surface area contributed by atoms with Crippen LogP contribution < -0.4 is 10.5 Å². The molecule has 21 heavy (non-hydrogen) atoms. The lowest BCUT2D eigenvalue weighted by Gasteiger charge is -2.33. The molecule has 0 fully saturated rings. The van der Waals surface area contributed by atoms with Gasteiger partial charge in [-0.1, -0.05) is 0 Å². The van der Waals surface area contributed by atoms with Gasteiger partial charge in [0.15, 0.2) is 0 Å². The molecule has 0 aromatic carbocycles. The summed E-state index contributed by atoms with van der Waals surface area (Å²) in [7, 11) is 1.56. The Morgan fingerprint density at radius 2 is 2.19 bits per heavy atom. The van der Waals surface area contributed by atoms with Gasteiger partial charge in [0.2, 0.25) is 5.88 Å². The summed E-state index contributed by atoms with van der Waals surface area (Å²) in [6.07, 6.45) is 0.290. The van der Waals surface area contributed by atoms with E-state index in [-0.39, 0.29) is 0 Å². The molecule has 0 bridgehead atoms. The number of hydrogen-bond acceptors (Lipinski definition) is 4. The van der Waals surface area contributed by atoms with Crippen LogP contribution in [0, 0.1) is 0 Å². The molecule has 0 aliphatic rings. The maximum Gasteiger partial charge on any atom is 0.407 e. The van der Waals surface area contributed by atoms with Crippen LogP contribution in [0.25, 0.3) is 0 Å². The minimum absolute atomic E-state index is 0.496. The van der Waals surface area contributed by atoms with Crippen LogP contribution in [0.3, 0.4) is 0 Å². The molecule has 1 aromatic rings. The summed E-state index contributed by atoms with van der Waals surface area (Å²) in [6.45, 7) is 4.79. The van der Waals surface area contributed by atoms with E-state index in [1.807, 2.05) is 26.0 Å². The van der Waals surface area contributed by atoms with Crippen LogP contribution >= 0.6 is 15.9 Å². The Labute approximate surface area is 133 Å². The molecule has 0 saturated heterocycles. The van der Waals surface area contributed by atoms with Gasteiger partial charge in [-0.3, -0.25) is 0 Å². The Balaban J connectivity index is 2.84. The third-order valence-corrected chi connectivity index (χ3v) is 3.87. The zero-order valence-corrected chi connectivity index (χ0v) is 14.2. The third kappa shape index (κ3) is 5.17. The van der Waals surface area contributed by atoms with Gasteiger partial charge in [-0.15, -0.1) is 0 Å². The number of likely N-dealkylation sites (N-methyl/N-ethyl adjacent to an activating group) is 1. The van der Waals surface area contributed by atoms with Crippen molar-refractivity contribution in [2.75, 3.05) is 20.2 Å². The second-order valence-corrected chi connectivity index (χ2v) is 6.27. The van der Waals surface area contributed by atoms with E-state index in [1.165, 1.54) is 4.90 Å². The van der Waals surface area contributed by atoms with Gasteiger partial charge >= 0.3 is 6.09 Å². The highest BCUT2D eigenvalue weighted by atomic mass is 79.9. The summed E-state index contributed by atoms with van der Waals surface area (Å²) in [5.74, 6) is 0.509. The van der Waals surface area contributed by atoms with Gasteiger partial charge in [-0.25, -0.2) is 9.78 Å². The molecule has 7 heteroatoms. The molecule has 1 rings (SSSR count). The summed E-state index contributed by atoms with van der Waals surface area (Å²) >= 11 is 3.39. The number of ether oxygens (including phenoxy) is 1. The molecule has 0 aliphatic carbocycles. The molecule has 0 aliphatic heterocycles. The number of hydrogen-bond donors (Lipinski definition) is 2. The second kappa shape index (κ2) is 7.61. The average molecular weight is 360 g/mol. The molecule has 1 aromatic heterocycles. The van der Waals surface area contributed by atoms with Gasteiger partial charge < -0.3 is 20.5 Å². The van der Waals surface area contributed by atoms with Crippen molar-refractivity contribution in [1.29, 1.82) is 0 Å². The Morgan fingerprint density at radius 3 is 2.76 bits per heavy atom. The molecular formula is C14H22BrN3O3. The van der Waals surface area contributed by atoms with Crippen molar-refractivity contribution in [1.82, 2.24) is 9.88 Å². The summed E-state index contributed by atoms with van der Waals surface area (Å²) in [5.41, 5.74) is 5.65. The fraction of sp³-hybridized carbons (Fsp3) is 0.571. The normalized spacial score (nSPS) is 11.3. The third-order valence-electron chi connectivity index (χ3n) is 3.27. The highest BCUT2D eigenvalue weighted by Gasteiger charge is 2.28. The molecular weight excluding hydrogens is 338 g/mol. The van der Waals surface area contributed by atoms with Crippen molar-refractivity contribution in [3.63, 3.8) is 0 Å². The first-order valence-corrected chi connectivity index (χ1v) is 7.52. The quantitative estimate of drug-likeness (QED) is 0.730. The zero-order valence-electron chi connectivity index (χ0n) is 12.6. The maximum absolute atomic E-state index is 11.1. The first kappa shape index (κ1) is 17.7. The molecule has 6 nitrogen and oxygen atoms in total. The lowest BCUT2D eigenvalue weighted by Crippen LogP contribution is -2.46. The molecule has 0 unspecified atom stereocenters. The summed E-state index contributed by atoms with van der Waals surface area (Å²) in [5, 5.41) is 9.10. The van der Waals surface area contributed by atoms with Gasteiger partial charge in [-0.2, -0.15) is 0 Å². The number of rotatable bonds is 7. The van der Waals surface area contributed by atoms with E-state index in [1.54, 1.807) is 7.05 Å². The smallest absolute Gasteiger partial charge is 0.407 e. The summed E-state index contributed by atoms with van der Waals surface area (Å²) < 4.78 is 6.34. The first-order valence-electron chi connectivity index (χ1n) is 6.73. The molecule has 0 atom stereocenters. The predicted octanol–water partition coefficient (Wildman–Crippen LogP) is 2.50. The number of nitrogens with zero attached hydrogens (tertiary/aromatic N) is 2. The molecule has 0 radical (unpaired) electrons. The molecule has 1 heterocycles. The van der Waals surface area contributed by atoms with E-state index in [0.717, 1.165) is 16.6 Å². The molecule has 0 saturated carbocycles. The molecule has 3 N–H and O–H groups in total. The van der Waals surface area contributed by atoms with Gasteiger partial charge in [0.1, 0.15) is 0 Å². The standard InChI is InChI=1S/C14H22BrN3O3/c1-14(2,18(3)13(19)20)9-10-5-6-11(15)12(17-10)21-8-4-7-16/h5-6H,4,7-9,16H2,1-3H3,(H,19,20). The van der Waals surface area contributed by atoms with Gasteiger partial charge in [0.05, 0.1) is 11.1 Å². The van der Waals surface area contributed by atoms with Crippen LogP contribution in [0.2, 0.25) is 0 Å². The van der Waals surface area contributed by atoms with Crippen molar-refractivity contribution in [2.24, 2.45) is 5.73 Å². The number of carboxylic acid groups (broad SMARTS) is 1. The van der Waals surface area contributed by atoms with Crippen molar-refractivity contribution in [3.05, 3.63) is 22.3 Å². The lowest BCUT2D eigenvalue weighted by atomic mass is 9.96. The minimum Gasteiger partial charge on any atom is -0.477 e. The fourth-order valence-electron chi connectivity index (χ4n) is 1.73. The largest absolute Gasteiger partial charge is 0.477 e. The summed E-state index contributed by atoms with van der Waals surface area (Å²) in [6, 6.07) is 3.72. The average Bonchev–Trinajstić information content (AvgIpc) is 2.41. The van der Waals surface area contributed by atoms with E-state index in [2.05, 4.69) is 20.9 Å². The van der Waals surface area contributed by atoms with Crippen LogP contribution in [0.5, 0.6) is 5.88 Å². The Morgan fingerprint density at radius 1 is 1.52 bits per heavy atom. The van der Waals surface area contributed by atoms with E-state index in [9.17, 15) is 4.79 Å². The van der Waals surface area contributed by atoms with Crippen LogP contribution in [-0.4, -0.2) is 46.8 Å².